The SMILES string of the molecule is CN1CCc2nc(N3CCCC3)nc(C(=O)O)c21. The summed E-state index contributed by atoms with van der Waals surface area (Å²) in [5, 5.41) is 9.30. The standard InChI is InChI=1S/C12H16N4O2/c1-15-7-4-8-10(15)9(11(17)18)14-12(13-8)16-5-2-3-6-16/h2-7H2,1H3,(H,17,18). The predicted molar refractivity (Wildman–Crippen MR) is 67.4 cm³/mol. The number of rotatable bonds is 2. The van der Waals surface area contributed by atoms with Crippen LogP contribution in [0.4, 0.5) is 11.6 Å². The molecular weight excluding hydrogens is 232 g/mol. The Morgan fingerprint density at radius 2 is 1.94 bits per heavy atom. The summed E-state index contributed by atoms with van der Waals surface area (Å²) < 4.78 is 0. The monoisotopic (exact) mass is 248 g/mol. The lowest BCUT2D eigenvalue weighted by molar-refractivity contribution is 0.0691. The predicted octanol–water partition coefficient (Wildman–Crippen LogP) is 0.767. The Balaban J connectivity index is 2.08. The molecule has 96 valence electrons. The fourth-order valence-electron chi connectivity index (χ4n) is 2.66. The van der Waals surface area contributed by atoms with E-state index in [2.05, 4.69) is 14.9 Å². The van der Waals surface area contributed by atoms with E-state index in [1.54, 1.807) is 0 Å². The van der Waals surface area contributed by atoms with Crippen LogP contribution in [0, 0.1) is 0 Å². The number of hydrogen-bond donors (Lipinski definition) is 1. The number of hydrogen-bond acceptors (Lipinski definition) is 5. The van der Waals surface area contributed by atoms with E-state index in [-0.39, 0.29) is 5.69 Å². The van der Waals surface area contributed by atoms with Crippen LogP contribution in [0.5, 0.6) is 0 Å². The van der Waals surface area contributed by atoms with Gasteiger partial charge in [0, 0.05) is 33.1 Å². The quantitative estimate of drug-likeness (QED) is 0.833. The molecule has 0 amide bonds. The summed E-state index contributed by atoms with van der Waals surface area (Å²) in [6, 6.07) is 0. The highest BCUT2D eigenvalue weighted by molar-refractivity contribution is 5.93. The fraction of sp³-hybridized carbons (Fsp3) is 0.583. The van der Waals surface area contributed by atoms with Gasteiger partial charge in [0.25, 0.3) is 0 Å². The first-order valence-corrected chi connectivity index (χ1v) is 6.27. The first kappa shape index (κ1) is 11.3. The molecule has 1 N–H and O–H groups in total. The highest BCUT2D eigenvalue weighted by Crippen LogP contribution is 2.30. The molecule has 0 aliphatic carbocycles. The third-order valence-electron chi connectivity index (χ3n) is 3.60. The summed E-state index contributed by atoms with van der Waals surface area (Å²) in [5.41, 5.74) is 1.69. The molecule has 0 radical (unpaired) electrons. The molecule has 0 atom stereocenters. The summed E-state index contributed by atoms with van der Waals surface area (Å²) >= 11 is 0. The van der Waals surface area contributed by atoms with Crippen LogP contribution >= 0.6 is 0 Å². The number of fused-ring (bicyclic) bond motifs is 1. The van der Waals surface area contributed by atoms with Gasteiger partial charge in [-0.3, -0.25) is 0 Å². The van der Waals surface area contributed by atoms with Gasteiger partial charge in [0.1, 0.15) is 0 Å². The molecule has 18 heavy (non-hydrogen) atoms. The summed E-state index contributed by atoms with van der Waals surface area (Å²) in [6.45, 7) is 2.66. The highest BCUT2D eigenvalue weighted by atomic mass is 16.4. The first-order chi connectivity index (χ1) is 8.66. The van der Waals surface area contributed by atoms with E-state index in [1.165, 1.54) is 0 Å². The smallest absolute Gasteiger partial charge is 0.356 e. The number of anilines is 2. The number of aromatic nitrogens is 2. The summed E-state index contributed by atoms with van der Waals surface area (Å²) in [5.74, 6) is -0.387. The first-order valence-electron chi connectivity index (χ1n) is 6.27. The van der Waals surface area contributed by atoms with E-state index >= 15 is 0 Å². The zero-order valence-corrected chi connectivity index (χ0v) is 10.4. The molecule has 0 aromatic carbocycles. The van der Waals surface area contributed by atoms with Crippen LogP contribution in [0.2, 0.25) is 0 Å². The van der Waals surface area contributed by atoms with E-state index < -0.39 is 5.97 Å². The Bertz CT molecular complexity index is 497. The normalized spacial score (nSPS) is 18.3. The molecule has 0 unspecified atom stereocenters. The van der Waals surface area contributed by atoms with E-state index in [1.807, 2.05) is 11.9 Å². The van der Waals surface area contributed by atoms with Crippen LogP contribution in [0.15, 0.2) is 0 Å². The lowest BCUT2D eigenvalue weighted by Gasteiger charge is -2.18. The van der Waals surface area contributed by atoms with Crippen molar-refractivity contribution in [2.24, 2.45) is 0 Å². The second-order valence-electron chi connectivity index (χ2n) is 4.84. The minimum Gasteiger partial charge on any atom is -0.476 e. The molecule has 1 saturated heterocycles. The maximum Gasteiger partial charge on any atom is 0.356 e. The van der Waals surface area contributed by atoms with E-state index in [0.717, 1.165) is 44.6 Å². The Morgan fingerprint density at radius 3 is 2.61 bits per heavy atom. The van der Waals surface area contributed by atoms with Crippen LogP contribution in [-0.4, -0.2) is 47.7 Å². The molecule has 6 nitrogen and oxygen atoms in total. The van der Waals surface area contributed by atoms with Gasteiger partial charge in [-0.1, -0.05) is 0 Å². The minimum atomic E-state index is -0.970. The van der Waals surface area contributed by atoms with Crippen molar-refractivity contribution in [2.75, 3.05) is 36.5 Å². The third-order valence-corrected chi connectivity index (χ3v) is 3.60. The van der Waals surface area contributed by atoms with E-state index in [9.17, 15) is 9.90 Å². The largest absolute Gasteiger partial charge is 0.476 e. The number of nitrogens with zero attached hydrogens (tertiary/aromatic N) is 4. The van der Waals surface area contributed by atoms with Crippen molar-refractivity contribution in [3.05, 3.63) is 11.4 Å². The number of carboxylic acids is 1. The lowest BCUT2D eigenvalue weighted by atomic mass is 10.2. The Labute approximate surface area is 105 Å². The van der Waals surface area contributed by atoms with Crippen molar-refractivity contribution in [1.29, 1.82) is 0 Å². The van der Waals surface area contributed by atoms with Crippen molar-refractivity contribution < 1.29 is 9.90 Å². The van der Waals surface area contributed by atoms with Crippen molar-refractivity contribution in [1.82, 2.24) is 9.97 Å². The molecule has 2 aliphatic rings. The van der Waals surface area contributed by atoms with Gasteiger partial charge in [-0.2, -0.15) is 0 Å². The molecule has 0 saturated carbocycles. The number of carboxylic acid groups (broad SMARTS) is 1. The van der Waals surface area contributed by atoms with Crippen LogP contribution in [0.25, 0.3) is 0 Å². The van der Waals surface area contributed by atoms with Crippen LogP contribution in [-0.2, 0) is 6.42 Å². The maximum absolute atomic E-state index is 11.3. The Morgan fingerprint density at radius 1 is 1.22 bits per heavy atom. The Hall–Kier alpha value is -1.85. The van der Waals surface area contributed by atoms with E-state index in [0.29, 0.717) is 11.6 Å². The van der Waals surface area contributed by atoms with Crippen molar-refractivity contribution in [3.63, 3.8) is 0 Å². The lowest BCUT2D eigenvalue weighted by Crippen LogP contribution is -2.23. The van der Waals surface area contributed by atoms with Crippen molar-refractivity contribution in [3.8, 4) is 0 Å². The van der Waals surface area contributed by atoms with E-state index in [4.69, 9.17) is 0 Å². The molecule has 0 bridgehead atoms. The van der Waals surface area contributed by atoms with Crippen molar-refractivity contribution in [2.45, 2.75) is 19.3 Å². The van der Waals surface area contributed by atoms with Gasteiger partial charge < -0.3 is 14.9 Å². The zero-order valence-electron chi connectivity index (χ0n) is 10.4. The molecule has 6 heteroatoms. The van der Waals surface area contributed by atoms with Gasteiger partial charge in [0.15, 0.2) is 5.69 Å². The molecule has 3 heterocycles. The fourth-order valence-corrected chi connectivity index (χ4v) is 2.66. The summed E-state index contributed by atoms with van der Waals surface area (Å²) in [4.78, 5) is 24.1. The topological polar surface area (TPSA) is 69.6 Å². The zero-order chi connectivity index (χ0) is 12.7. The van der Waals surface area contributed by atoms with Crippen LogP contribution in [0.3, 0.4) is 0 Å². The number of likely N-dealkylation sites (N-methyl/N-ethyl adjacent to an activating group) is 1. The summed E-state index contributed by atoms with van der Waals surface area (Å²) in [7, 11) is 1.89. The van der Waals surface area contributed by atoms with Crippen LogP contribution < -0.4 is 9.80 Å². The van der Waals surface area contributed by atoms with Gasteiger partial charge in [0.05, 0.1) is 11.4 Å². The highest BCUT2D eigenvalue weighted by Gasteiger charge is 2.28. The maximum atomic E-state index is 11.3. The molecule has 3 rings (SSSR count). The third kappa shape index (κ3) is 1.68. The van der Waals surface area contributed by atoms with Gasteiger partial charge in [0.2, 0.25) is 5.95 Å². The minimum absolute atomic E-state index is 0.141. The second-order valence-corrected chi connectivity index (χ2v) is 4.84. The van der Waals surface area contributed by atoms with Gasteiger partial charge in [-0.05, 0) is 12.8 Å². The number of carbonyl (C=O) groups is 1. The molecule has 0 spiro atoms. The Kier molecular flexibility index (Phi) is 2.57. The number of aromatic carboxylic acids is 1. The molecule has 1 aromatic heterocycles. The summed E-state index contributed by atoms with van der Waals surface area (Å²) in [6.07, 6.45) is 3.06. The average molecular weight is 248 g/mol. The van der Waals surface area contributed by atoms with Crippen LogP contribution in [0.1, 0.15) is 29.0 Å². The van der Waals surface area contributed by atoms with Gasteiger partial charge in [-0.15, -0.1) is 0 Å². The molecule has 2 aliphatic heterocycles. The average Bonchev–Trinajstić information content (AvgIpc) is 2.98. The van der Waals surface area contributed by atoms with Gasteiger partial charge in [-0.25, -0.2) is 14.8 Å². The molecule has 1 aromatic rings. The van der Waals surface area contributed by atoms with Gasteiger partial charge >= 0.3 is 5.97 Å². The molecule has 1 fully saturated rings. The molecular formula is C12H16N4O2. The van der Waals surface area contributed by atoms with Crippen molar-refractivity contribution >= 4 is 17.6 Å². The second kappa shape index (κ2) is 4.12.